The van der Waals surface area contributed by atoms with Crippen molar-refractivity contribution in [3.63, 3.8) is 0 Å². The first-order valence-corrected chi connectivity index (χ1v) is 8.83. The van der Waals surface area contributed by atoms with Crippen LogP contribution in [0.15, 0.2) is 16.1 Å². The van der Waals surface area contributed by atoms with Crippen molar-refractivity contribution in [2.75, 3.05) is 0 Å². The highest BCUT2D eigenvalue weighted by atomic mass is 35.5. The third-order valence-electron chi connectivity index (χ3n) is 3.30. The summed E-state index contributed by atoms with van der Waals surface area (Å²) in [7, 11) is -3.90. The lowest BCUT2D eigenvalue weighted by molar-refractivity contribution is 0.310. The Kier molecular flexibility index (Phi) is 4.50. The second-order valence-electron chi connectivity index (χ2n) is 4.57. The molecule has 0 bridgehead atoms. The molecule has 0 aromatic carbocycles. The number of amidine groups is 1. The van der Waals surface area contributed by atoms with E-state index in [2.05, 4.69) is 9.88 Å². The lowest BCUT2D eigenvalue weighted by Crippen LogP contribution is -2.55. The predicted octanol–water partition coefficient (Wildman–Crippen LogP) is 2.39. The Morgan fingerprint density at radius 3 is 2.50 bits per heavy atom. The topological polar surface area (TPSA) is 105 Å². The summed E-state index contributed by atoms with van der Waals surface area (Å²) in [5.41, 5.74) is 4.59. The molecule has 0 unspecified atom stereocenters. The Bertz CT molecular complexity index is 636. The smallest absolute Gasteiger partial charge is 0.243 e. The first-order valence-electron chi connectivity index (χ1n) is 5.77. The number of hydrogen-bond donors (Lipinski definition) is 3. The van der Waals surface area contributed by atoms with E-state index in [0.717, 1.165) is 24.2 Å². The molecular formula is C10H13Cl2N3O3S2. The first-order chi connectivity index (χ1) is 9.31. The van der Waals surface area contributed by atoms with Gasteiger partial charge in [-0.3, -0.25) is 0 Å². The molecule has 0 atom stereocenters. The van der Waals surface area contributed by atoms with Crippen LogP contribution in [0.4, 0.5) is 0 Å². The second-order valence-corrected chi connectivity index (χ2v) is 8.50. The van der Waals surface area contributed by atoms with E-state index in [9.17, 15) is 8.42 Å². The Hall–Kier alpha value is -0.540. The number of thiophene rings is 1. The van der Waals surface area contributed by atoms with Gasteiger partial charge in [0.2, 0.25) is 10.0 Å². The minimum absolute atomic E-state index is 0.0788. The van der Waals surface area contributed by atoms with Crippen molar-refractivity contribution in [3.05, 3.63) is 14.7 Å². The largest absolute Gasteiger partial charge is 0.409 e. The van der Waals surface area contributed by atoms with Gasteiger partial charge in [0.25, 0.3) is 0 Å². The zero-order valence-electron chi connectivity index (χ0n) is 10.3. The van der Waals surface area contributed by atoms with Gasteiger partial charge in [0.1, 0.15) is 9.23 Å². The average molecular weight is 358 g/mol. The standard InChI is InChI=1S/C10H13Cl2N3O3S2/c11-7-5-6(8(12)19-7)20(17,18)15-10(9(13)14-16)3-1-2-4-10/h5,15-16H,1-4H2,(H2,13,14). The van der Waals surface area contributed by atoms with Gasteiger partial charge in [0.15, 0.2) is 5.84 Å². The number of nitrogens with two attached hydrogens (primary N) is 1. The van der Waals surface area contributed by atoms with Crippen LogP contribution in [0, 0.1) is 0 Å². The number of nitrogens with zero attached hydrogens (tertiary/aromatic N) is 1. The zero-order valence-corrected chi connectivity index (χ0v) is 13.4. The van der Waals surface area contributed by atoms with Gasteiger partial charge in [0.05, 0.1) is 9.88 Å². The van der Waals surface area contributed by atoms with Crippen molar-refractivity contribution < 1.29 is 13.6 Å². The summed E-state index contributed by atoms with van der Waals surface area (Å²) in [6.45, 7) is 0. The van der Waals surface area contributed by atoms with Crippen molar-refractivity contribution in [2.45, 2.75) is 36.1 Å². The summed E-state index contributed by atoms with van der Waals surface area (Å²) in [6, 6.07) is 1.28. The highest BCUT2D eigenvalue weighted by molar-refractivity contribution is 7.90. The van der Waals surface area contributed by atoms with Crippen LogP contribution in [0.2, 0.25) is 8.67 Å². The quantitative estimate of drug-likeness (QED) is 0.333. The van der Waals surface area contributed by atoms with E-state index in [-0.39, 0.29) is 19.4 Å². The van der Waals surface area contributed by atoms with Gasteiger partial charge in [-0.05, 0) is 18.9 Å². The minimum atomic E-state index is -3.90. The van der Waals surface area contributed by atoms with Gasteiger partial charge < -0.3 is 10.9 Å². The van der Waals surface area contributed by atoms with Crippen molar-refractivity contribution in [3.8, 4) is 0 Å². The van der Waals surface area contributed by atoms with E-state index in [4.69, 9.17) is 34.1 Å². The highest BCUT2D eigenvalue weighted by Crippen LogP contribution is 2.37. The highest BCUT2D eigenvalue weighted by Gasteiger charge is 2.42. The van der Waals surface area contributed by atoms with Gasteiger partial charge in [-0.2, -0.15) is 4.72 Å². The molecule has 6 nitrogen and oxygen atoms in total. The van der Waals surface area contributed by atoms with Crippen molar-refractivity contribution in [1.82, 2.24) is 4.72 Å². The Balaban J connectivity index is 2.38. The van der Waals surface area contributed by atoms with Crippen molar-refractivity contribution in [2.24, 2.45) is 10.9 Å². The van der Waals surface area contributed by atoms with Crippen LogP contribution in [0.25, 0.3) is 0 Å². The van der Waals surface area contributed by atoms with Gasteiger partial charge >= 0.3 is 0 Å². The number of rotatable bonds is 4. The maximum Gasteiger partial charge on any atom is 0.243 e. The SMILES string of the molecule is N/C(=N/O)C1(NS(=O)(=O)c2cc(Cl)sc2Cl)CCCC1. The van der Waals surface area contributed by atoms with Gasteiger partial charge in [-0.25, -0.2) is 8.42 Å². The number of sulfonamides is 1. The van der Waals surface area contributed by atoms with Crippen LogP contribution in [-0.4, -0.2) is 25.0 Å². The molecule has 0 aliphatic heterocycles. The first kappa shape index (κ1) is 15.8. The third kappa shape index (κ3) is 2.89. The van der Waals surface area contributed by atoms with Crippen LogP contribution in [0.3, 0.4) is 0 Å². The fourth-order valence-electron chi connectivity index (χ4n) is 2.31. The van der Waals surface area contributed by atoms with E-state index in [1.165, 1.54) is 6.07 Å². The molecule has 1 saturated carbocycles. The van der Waals surface area contributed by atoms with E-state index in [0.29, 0.717) is 12.8 Å². The Morgan fingerprint density at radius 1 is 1.45 bits per heavy atom. The summed E-state index contributed by atoms with van der Waals surface area (Å²) < 4.78 is 27.7. The summed E-state index contributed by atoms with van der Waals surface area (Å²) in [5.74, 6) is -0.143. The molecule has 1 aromatic heterocycles. The lowest BCUT2D eigenvalue weighted by Gasteiger charge is -2.28. The van der Waals surface area contributed by atoms with E-state index >= 15 is 0 Å². The Labute approximate surface area is 130 Å². The van der Waals surface area contributed by atoms with Crippen LogP contribution in [0.5, 0.6) is 0 Å². The monoisotopic (exact) mass is 357 g/mol. The van der Waals surface area contributed by atoms with Crippen molar-refractivity contribution >= 4 is 50.4 Å². The molecule has 1 aliphatic rings. The third-order valence-corrected chi connectivity index (χ3v) is 6.59. The number of oxime groups is 1. The van der Waals surface area contributed by atoms with Gasteiger partial charge in [-0.1, -0.05) is 41.2 Å². The predicted molar refractivity (Wildman–Crippen MR) is 79.3 cm³/mol. The average Bonchev–Trinajstić information content (AvgIpc) is 2.95. The lowest BCUT2D eigenvalue weighted by atomic mass is 9.98. The fourth-order valence-corrected chi connectivity index (χ4v) is 5.89. The van der Waals surface area contributed by atoms with Gasteiger partial charge in [-0.15, -0.1) is 11.3 Å². The maximum absolute atomic E-state index is 12.4. The molecule has 2 rings (SSSR count). The van der Waals surface area contributed by atoms with Crippen LogP contribution in [-0.2, 0) is 10.0 Å². The summed E-state index contributed by atoms with van der Waals surface area (Å²) in [6.07, 6.45) is 2.52. The molecule has 0 radical (unpaired) electrons. The van der Waals surface area contributed by atoms with Crippen LogP contribution < -0.4 is 10.5 Å². The zero-order chi connectivity index (χ0) is 15.0. The molecule has 4 N–H and O–H groups in total. The van der Waals surface area contributed by atoms with E-state index in [1.54, 1.807) is 0 Å². The normalized spacial score (nSPS) is 19.4. The molecule has 0 saturated heterocycles. The molecule has 1 heterocycles. The molecule has 0 amide bonds. The van der Waals surface area contributed by atoms with E-state index < -0.39 is 15.6 Å². The minimum Gasteiger partial charge on any atom is -0.409 e. The molecule has 20 heavy (non-hydrogen) atoms. The summed E-state index contributed by atoms with van der Waals surface area (Å²) in [4.78, 5) is -0.0915. The molecule has 0 spiro atoms. The van der Waals surface area contributed by atoms with Crippen molar-refractivity contribution in [1.29, 1.82) is 0 Å². The molecule has 1 fully saturated rings. The van der Waals surface area contributed by atoms with E-state index in [1.807, 2.05) is 0 Å². The number of hydrogen-bond acceptors (Lipinski definition) is 5. The maximum atomic E-state index is 12.4. The van der Waals surface area contributed by atoms with Crippen LogP contribution in [0.1, 0.15) is 25.7 Å². The molecule has 1 aromatic rings. The molecular weight excluding hydrogens is 345 g/mol. The second kappa shape index (κ2) is 5.69. The summed E-state index contributed by atoms with van der Waals surface area (Å²) in [5, 5.41) is 11.8. The fraction of sp³-hybridized carbons (Fsp3) is 0.500. The van der Waals surface area contributed by atoms with Gasteiger partial charge in [0, 0.05) is 0 Å². The molecule has 10 heteroatoms. The summed E-state index contributed by atoms with van der Waals surface area (Å²) >= 11 is 12.6. The number of nitrogens with one attached hydrogen (secondary N) is 1. The number of halogens is 2. The van der Waals surface area contributed by atoms with Crippen LogP contribution >= 0.6 is 34.5 Å². The molecule has 1 aliphatic carbocycles. The Morgan fingerprint density at radius 2 is 2.05 bits per heavy atom. The molecule has 112 valence electrons.